The van der Waals surface area contributed by atoms with Crippen molar-refractivity contribution < 1.29 is 36.6 Å². The number of carbonyl (C=O) groups excluding carboxylic acids is 2. The van der Waals surface area contributed by atoms with E-state index in [0.717, 1.165) is 5.56 Å². The normalized spacial score (nSPS) is 20.1. The van der Waals surface area contributed by atoms with E-state index in [1.165, 1.54) is 32.0 Å². The summed E-state index contributed by atoms with van der Waals surface area (Å²) in [5, 5.41) is 0. The molecule has 1 atom stereocenters. The third-order valence-electron chi connectivity index (χ3n) is 6.26. The highest BCUT2D eigenvalue weighted by Gasteiger charge is 2.56. The summed E-state index contributed by atoms with van der Waals surface area (Å²) in [6, 6.07) is 14.8. The first kappa shape index (κ1) is 32.2. The first-order chi connectivity index (χ1) is 18.8. The van der Waals surface area contributed by atoms with Crippen LogP contribution in [0.5, 0.6) is 0 Å². The van der Waals surface area contributed by atoms with Gasteiger partial charge in [-0.05, 0) is 67.0 Å². The fraction of sp³-hybridized carbons (Fsp3) is 0.500. The van der Waals surface area contributed by atoms with Crippen LogP contribution < -0.4 is 0 Å². The summed E-state index contributed by atoms with van der Waals surface area (Å²) in [7, 11) is -4.21. The molecule has 2 aromatic rings. The number of nitrogens with zero attached hydrogens (tertiary/aromatic N) is 2. The number of imide groups is 1. The molecule has 0 bridgehead atoms. The van der Waals surface area contributed by atoms with Crippen molar-refractivity contribution in [3.63, 3.8) is 0 Å². The molecule has 1 unspecified atom stereocenters. The summed E-state index contributed by atoms with van der Waals surface area (Å²) in [6.45, 7) is 12.0. The molecule has 0 saturated carbocycles. The van der Waals surface area contributed by atoms with E-state index in [0.29, 0.717) is 4.90 Å². The molecule has 0 fully saturated rings. The Labute approximate surface area is 241 Å². The average molecular weight is 591 g/mol. The minimum atomic E-state index is -4.21. The first-order valence-electron chi connectivity index (χ1n) is 13.2. The van der Waals surface area contributed by atoms with Crippen molar-refractivity contribution in [1.82, 2.24) is 4.90 Å². The van der Waals surface area contributed by atoms with Crippen LogP contribution in [0.2, 0.25) is 0 Å². The Morgan fingerprint density at radius 1 is 0.902 bits per heavy atom. The van der Waals surface area contributed by atoms with Crippen LogP contribution in [-0.4, -0.2) is 59.6 Å². The van der Waals surface area contributed by atoms with E-state index in [4.69, 9.17) is 19.2 Å². The fourth-order valence-corrected chi connectivity index (χ4v) is 5.93. The molecule has 0 aliphatic carbocycles. The first-order valence-corrected chi connectivity index (χ1v) is 14.9. The molecule has 9 nitrogen and oxygen atoms in total. The number of carbonyl (C=O) groups is 2. The summed E-state index contributed by atoms with van der Waals surface area (Å²) in [4.78, 5) is 32.3. The number of hydrogen-bond donors (Lipinski definition) is 0. The molecule has 224 valence electrons. The zero-order valence-electron chi connectivity index (χ0n) is 24.9. The smallest absolute Gasteiger partial charge is 0.425 e. The monoisotopic (exact) mass is 590 g/mol. The van der Waals surface area contributed by atoms with Gasteiger partial charge in [-0.3, -0.25) is 4.99 Å². The van der Waals surface area contributed by atoms with Crippen LogP contribution >= 0.6 is 0 Å². The molecule has 41 heavy (non-hydrogen) atoms. The van der Waals surface area contributed by atoms with Gasteiger partial charge >= 0.3 is 12.2 Å². The van der Waals surface area contributed by atoms with Crippen molar-refractivity contribution in [2.24, 2.45) is 4.99 Å². The third kappa shape index (κ3) is 7.51. The molecule has 0 N–H and O–H groups in total. The van der Waals surface area contributed by atoms with Gasteiger partial charge in [0.05, 0.1) is 19.0 Å². The minimum absolute atomic E-state index is 0.0574. The Balaban J connectivity index is 2.26. The predicted molar refractivity (Wildman–Crippen MR) is 154 cm³/mol. The molecule has 0 aromatic heterocycles. The van der Waals surface area contributed by atoms with E-state index >= 15 is 4.39 Å². The van der Waals surface area contributed by atoms with Crippen molar-refractivity contribution in [1.29, 1.82) is 0 Å². The van der Waals surface area contributed by atoms with Gasteiger partial charge in [0, 0.05) is 5.56 Å². The van der Waals surface area contributed by atoms with E-state index in [1.807, 2.05) is 30.3 Å². The Morgan fingerprint density at radius 2 is 1.41 bits per heavy atom. The summed E-state index contributed by atoms with van der Waals surface area (Å²) >= 11 is 0. The highest BCUT2D eigenvalue weighted by Crippen LogP contribution is 2.41. The second kappa shape index (κ2) is 11.5. The zero-order chi connectivity index (χ0) is 30.9. The van der Waals surface area contributed by atoms with E-state index < -0.39 is 60.9 Å². The Morgan fingerprint density at radius 3 is 1.93 bits per heavy atom. The average Bonchev–Trinajstić information content (AvgIpc) is 2.81. The molecule has 0 radical (unpaired) electrons. The van der Waals surface area contributed by atoms with E-state index in [9.17, 15) is 18.0 Å². The van der Waals surface area contributed by atoms with Crippen molar-refractivity contribution >= 4 is 27.9 Å². The van der Waals surface area contributed by atoms with Crippen LogP contribution in [0.4, 0.5) is 14.0 Å². The molecule has 3 rings (SSSR count). The van der Waals surface area contributed by atoms with E-state index in [1.54, 1.807) is 47.6 Å². The summed E-state index contributed by atoms with van der Waals surface area (Å²) in [5.41, 5.74) is -3.18. The summed E-state index contributed by atoms with van der Waals surface area (Å²) < 4.78 is 58.4. The minimum Gasteiger partial charge on any atom is -0.443 e. The largest absolute Gasteiger partial charge is 0.443 e. The van der Waals surface area contributed by atoms with Crippen molar-refractivity contribution in [2.45, 2.75) is 83.5 Å². The van der Waals surface area contributed by atoms with Gasteiger partial charge < -0.3 is 14.2 Å². The molecule has 2 amide bonds. The predicted octanol–water partition coefficient (Wildman–Crippen LogP) is 6.02. The fourth-order valence-electron chi connectivity index (χ4n) is 4.23. The molecule has 11 heteroatoms. The lowest BCUT2D eigenvalue weighted by molar-refractivity contribution is 0.0135. The van der Waals surface area contributed by atoms with Gasteiger partial charge in [-0.2, -0.15) is 4.90 Å². The van der Waals surface area contributed by atoms with Gasteiger partial charge in [0.15, 0.2) is 9.84 Å². The van der Waals surface area contributed by atoms with Crippen LogP contribution in [0.3, 0.4) is 0 Å². The lowest BCUT2D eigenvalue weighted by atomic mass is 9.91. The number of amides is 2. The molecular formula is C30H39FN2O7S. The SMILES string of the molecule is CC(C)(C)OC(=O)N(C(=O)OC(C)(C)C)C1=NC(COCc2ccccc2)(c2ccccc2F)CS(=O)(=O)C1(C)C. The second-order valence-corrected chi connectivity index (χ2v) is 15.0. The highest BCUT2D eigenvalue weighted by molar-refractivity contribution is 7.93. The maximum atomic E-state index is 15.4. The Hall–Kier alpha value is -3.31. The van der Waals surface area contributed by atoms with Crippen LogP contribution in [-0.2, 0) is 36.2 Å². The molecule has 1 aliphatic rings. The number of benzene rings is 2. The van der Waals surface area contributed by atoms with E-state index in [-0.39, 0.29) is 18.8 Å². The van der Waals surface area contributed by atoms with E-state index in [2.05, 4.69) is 0 Å². The maximum Gasteiger partial charge on any atom is 0.425 e. The maximum absolute atomic E-state index is 15.4. The number of hydrogen-bond acceptors (Lipinski definition) is 8. The Kier molecular flexibility index (Phi) is 9.05. The van der Waals surface area contributed by atoms with Crippen molar-refractivity contribution in [3.05, 3.63) is 71.5 Å². The van der Waals surface area contributed by atoms with Crippen LogP contribution in [0.15, 0.2) is 59.6 Å². The van der Waals surface area contributed by atoms with Crippen molar-refractivity contribution in [3.8, 4) is 0 Å². The van der Waals surface area contributed by atoms with Gasteiger partial charge in [0.2, 0.25) is 0 Å². The summed E-state index contributed by atoms with van der Waals surface area (Å²) in [6.07, 6.45) is -2.35. The van der Waals surface area contributed by atoms with Crippen LogP contribution in [0.25, 0.3) is 0 Å². The molecular weight excluding hydrogens is 551 g/mol. The number of halogens is 1. The molecule has 1 aliphatic heterocycles. The van der Waals surface area contributed by atoms with Gasteiger partial charge in [-0.1, -0.05) is 48.5 Å². The van der Waals surface area contributed by atoms with Gasteiger partial charge in [-0.25, -0.2) is 22.4 Å². The lowest BCUT2D eigenvalue weighted by Gasteiger charge is -2.43. The zero-order valence-corrected chi connectivity index (χ0v) is 25.7. The second-order valence-electron chi connectivity index (χ2n) is 12.5. The standard InChI is InChI=1S/C30H39FN2O7S/c1-27(2,3)39-25(34)33(26(35)40-28(4,5)6)24-29(7,8)41(36,37)20-30(32-24,22-16-12-13-17-23(22)31)19-38-18-21-14-10-9-11-15-21/h9-17H,18-20H2,1-8H3. The number of ether oxygens (including phenoxy) is 3. The summed E-state index contributed by atoms with van der Waals surface area (Å²) in [5.74, 6) is -1.81. The molecule has 0 spiro atoms. The number of aliphatic imine (C=N–C) groups is 1. The Bertz CT molecular complexity index is 1380. The topological polar surface area (TPSA) is 112 Å². The molecule has 0 saturated heterocycles. The number of sulfone groups is 1. The highest BCUT2D eigenvalue weighted by atomic mass is 32.2. The number of amidine groups is 1. The lowest BCUT2D eigenvalue weighted by Crippen LogP contribution is -2.62. The third-order valence-corrected chi connectivity index (χ3v) is 8.85. The molecule has 2 aromatic carbocycles. The van der Waals surface area contributed by atoms with Gasteiger partial charge in [-0.15, -0.1) is 0 Å². The number of rotatable bonds is 5. The van der Waals surface area contributed by atoms with Gasteiger partial charge in [0.25, 0.3) is 0 Å². The van der Waals surface area contributed by atoms with Crippen LogP contribution in [0.1, 0.15) is 66.5 Å². The van der Waals surface area contributed by atoms with Gasteiger partial charge in [0.1, 0.15) is 33.1 Å². The van der Waals surface area contributed by atoms with Crippen LogP contribution in [0, 0.1) is 5.82 Å². The van der Waals surface area contributed by atoms with Crippen molar-refractivity contribution in [2.75, 3.05) is 12.4 Å². The molecule has 1 heterocycles. The quantitative estimate of drug-likeness (QED) is 0.419.